The Labute approximate surface area is 255 Å². The molecular weight excluding hydrogens is 599 g/mol. The van der Waals surface area contributed by atoms with Crippen molar-refractivity contribution in [2.75, 3.05) is 13.1 Å². The molecule has 0 bridgehead atoms. The third-order valence-corrected chi connectivity index (χ3v) is 11.7. The Kier molecular flexibility index (Phi) is 6.89. The number of aliphatic hydroxyl groups excluding tert-OH is 1. The normalized spacial score (nSPS) is 17.0. The van der Waals surface area contributed by atoms with E-state index in [9.17, 15) is 21.9 Å². The molecule has 224 valence electrons. The molecule has 0 spiro atoms. The van der Waals surface area contributed by atoms with Gasteiger partial charge in [-0.05, 0) is 54.8 Å². The Morgan fingerprint density at radius 3 is 2.14 bits per heavy atom. The molecule has 6 aromatic rings. The maximum Gasteiger partial charge on any atom is 0.269 e. The molecule has 3 aromatic heterocycles. The Morgan fingerprint density at radius 2 is 1.45 bits per heavy atom. The van der Waals surface area contributed by atoms with Crippen molar-refractivity contribution in [3.8, 4) is 11.1 Å². The largest absolute Gasteiger partial charge is 0.385 e. The maximum absolute atomic E-state index is 13.7. The lowest BCUT2D eigenvalue weighted by Crippen LogP contribution is -2.29. The van der Waals surface area contributed by atoms with E-state index in [-0.39, 0.29) is 34.6 Å². The van der Waals surface area contributed by atoms with Gasteiger partial charge in [0.15, 0.2) is 5.65 Å². The van der Waals surface area contributed by atoms with E-state index in [0.29, 0.717) is 28.7 Å². The number of sulfonamides is 1. The van der Waals surface area contributed by atoms with Crippen LogP contribution in [0.3, 0.4) is 0 Å². The van der Waals surface area contributed by atoms with Gasteiger partial charge in [0.05, 0.1) is 27.5 Å². The van der Waals surface area contributed by atoms with Crippen molar-refractivity contribution in [1.29, 1.82) is 0 Å². The molecule has 7 rings (SSSR count). The summed E-state index contributed by atoms with van der Waals surface area (Å²) in [5, 5.41) is 11.2. The van der Waals surface area contributed by atoms with Crippen LogP contribution in [0.2, 0.25) is 0 Å². The summed E-state index contributed by atoms with van der Waals surface area (Å²) >= 11 is 0. The van der Waals surface area contributed by atoms with Crippen LogP contribution >= 0.6 is 0 Å². The standard InChI is InChI=1S/C32H29N5O5S2/c1-22(38)31-34-29-20-33-32-28(17-19-36(32)44(41,42)26-10-6-3-7-11-26)30(29)37(31)25-16-18-35(21-25)43(39,40)27-14-12-24(13-15-27)23-8-4-2-5-9-23/h2-15,17,19-20,22,25,38H,16,18,21H2,1H3. The highest BCUT2D eigenvalue weighted by atomic mass is 32.2. The Morgan fingerprint density at radius 1 is 0.818 bits per heavy atom. The van der Waals surface area contributed by atoms with Crippen molar-refractivity contribution in [3.63, 3.8) is 0 Å². The highest BCUT2D eigenvalue weighted by molar-refractivity contribution is 7.90. The summed E-state index contributed by atoms with van der Waals surface area (Å²) < 4.78 is 58.8. The van der Waals surface area contributed by atoms with Crippen LogP contribution in [0.4, 0.5) is 0 Å². The maximum atomic E-state index is 13.7. The van der Waals surface area contributed by atoms with E-state index in [1.807, 2.05) is 47.0 Å². The lowest BCUT2D eigenvalue weighted by molar-refractivity contribution is 0.182. The van der Waals surface area contributed by atoms with Crippen LogP contribution in [0.1, 0.15) is 31.3 Å². The zero-order chi connectivity index (χ0) is 30.6. The van der Waals surface area contributed by atoms with Gasteiger partial charge in [-0.1, -0.05) is 60.7 Å². The molecule has 2 atom stereocenters. The van der Waals surface area contributed by atoms with Crippen molar-refractivity contribution in [2.45, 2.75) is 35.3 Å². The number of hydrogen-bond donors (Lipinski definition) is 1. The van der Waals surface area contributed by atoms with Gasteiger partial charge in [0, 0.05) is 24.7 Å². The van der Waals surface area contributed by atoms with Gasteiger partial charge in [0.25, 0.3) is 10.0 Å². The number of aromatic nitrogens is 4. The van der Waals surface area contributed by atoms with Crippen LogP contribution < -0.4 is 0 Å². The van der Waals surface area contributed by atoms with Crippen LogP contribution in [-0.4, -0.2) is 57.8 Å². The Balaban J connectivity index is 1.26. The summed E-state index contributed by atoms with van der Waals surface area (Å²) in [6.07, 6.45) is 2.49. The zero-order valence-electron chi connectivity index (χ0n) is 23.7. The molecule has 1 fully saturated rings. The average molecular weight is 628 g/mol. The minimum atomic E-state index is -3.92. The molecule has 1 aliphatic rings. The molecule has 0 amide bonds. The zero-order valence-corrected chi connectivity index (χ0v) is 25.4. The van der Waals surface area contributed by atoms with E-state index in [0.717, 1.165) is 15.1 Å². The van der Waals surface area contributed by atoms with Crippen molar-refractivity contribution in [1.82, 2.24) is 22.8 Å². The third kappa shape index (κ3) is 4.61. The lowest BCUT2D eigenvalue weighted by atomic mass is 10.1. The number of aliphatic hydroxyl groups is 1. The van der Waals surface area contributed by atoms with Gasteiger partial charge in [0.2, 0.25) is 10.0 Å². The number of benzene rings is 3. The SMILES string of the molecule is CC(O)c1nc2cnc3c(ccn3S(=O)(=O)c3ccccc3)c2n1C1CCN(S(=O)(=O)c2ccc(-c3ccccc3)cc2)C1. The van der Waals surface area contributed by atoms with Gasteiger partial charge in [-0.15, -0.1) is 0 Å². The van der Waals surface area contributed by atoms with Crippen molar-refractivity contribution >= 4 is 42.1 Å². The van der Waals surface area contributed by atoms with E-state index < -0.39 is 26.2 Å². The van der Waals surface area contributed by atoms with Gasteiger partial charge in [0.1, 0.15) is 17.4 Å². The summed E-state index contributed by atoms with van der Waals surface area (Å²) in [5.74, 6) is 0.365. The predicted molar refractivity (Wildman–Crippen MR) is 167 cm³/mol. The molecule has 0 saturated carbocycles. The molecule has 0 aliphatic carbocycles. The molecule has 44 heavy (non-hydrogen) atoms. The van der Waals surface area contributed by atoms with Crippen LogP contribution in [0.15, 0.2) is 113 Å². The second kappa shape index (κ2) is 10.7. The fourth-order valence-electron chi connectivity index (χ4n) is 5.97. The molecule has 10 nitrogen and oxygen atoms in total. The number of fused-ring (bicyclic) bond motifs is 3. The molecule has 0 radical (unpaired) electrons. The fraction of sp³-hybridized carbons (Fsp3) is 0.188. The third-order valence-electron chi connectivity index (χ3n) is 8.12. The van der Waals surface area contributed by atoms with Gasteiger partial charge in [-0.2, -0.15) is 4.31 Å². The first-order valence-electron chi connectivity index (χ1n) is 14.2. The van der Waals surface area contributed by atoms with Gasteiger partial charge >= 0.3 is 0 Å². The molecule has 12 heteroatoms. The van der Waals surface area contributed by atoms with E-state index in [1.165, 1.54) is 28.8 Å². The van der Waals surface area contributed by atoms with Crippen molar-refractivity contribution in [2.24, 2.45) is 0 Å². The topological polar surface area (TPSA) is 127 Å². The van der Waals surface area contributed by atoms with Crippen LogP contribution in [0, 0.1) is 0 Å². The van der Waals surface area contributed by atoms with Crippen LogP contribution in [0.25, 0.3) is 33.2 Å². The highest BCUT2D eigenvalue weighted by Gasteiger charge is 2.36. The van der Waals surface area contributed by atoms with Crippen molar-refractivity contribution < 1.29 is 21.9 Å². The molecule has 1 aliphatic heterocycles. The van der Waals surface area contributed by atoms with E-state index in [4.69, 9.17) is 0 Å². The Bertz CT molecular complexity index is 2210. The monoisotopic (exact) mass is 627 g/mol. The predicted octanol–water partition coefficient (Wildman–Crippen LogP) is 4.98. The van der Waals surface area contributed by atoms with Crippen molar-refractivity contribution in [3.05, 3.63) is 109 Å². The summed E-state index contributed by atoms with van der Waals surface area (Å²) in [7, 11) is -7.72. The molecule has 3 aromatic carbocycles. The second-order valence-electron chi connectivity index (χ2n) is 10.9. The van der Waals surface area contributed by atoms with Gasteiger partial charge in [-0.3, -0.25) is 0 Å². The number of hydrogen-bond acceptors (Lipinski definition) is 7. The highest BCUT2D eigenvalue weighted by Crippen LogP contribution is 2.36. The number of rotatable bonds is 7. The molecule has 1 saturated heterocycles. The Hall–Kier alpha value is -4.36. The fourth-order valence-corrected chi connectivity index (χ4v) is 8.78. The van der Waals surface area contributed by atoms with Gasteiger partial charge < -0.3 is 9.67 Å². The average Bonchev–Trinajstić information content (AvgIpc) is 3.79. The first-order chi connectivity index (χ1) is 21.2. The number of imidazole rings is 1. The minimum Gasteiger partial charge on any atom is -0.385 e. The summed E-state index contributed by atoms with van der Waals surface area (Å²) in [5.41, 5.74) is 3.24. The molecule has 2 unspecified atom stereocenters. The summed E-state index contributed by atoms with van der Waals surface area (Å²) in [6, 6.07) is 26.1. The quantitative estimate of drug-likeness (QED) is 0.265. The minimum absolute atomic E-state index is 0.131. The first kappa shape index (κ1) is 28.4. The van der Waals surface area contributed by atoms with Crippen LogP contribution in [0.5, 0.6) is 0 Å². The van der Waals surface area contributed by atoms with Crippen LogP contribution in [-0.2, 0) is 20.0 Å². The van der Waals surface area contributed by atoms with E-state index in [1.54, 1.807) is 43.3 Å². The summed E-state index contributed by atoms with van der Waals surface area (Å²) in [6.45, 7) is 2.05. The number of pyridine rings is 1. The second-order valence-corrected chi connectivity index (χ2v) is 14.6. The molecule has 1 N–H and O–H groups in total. The number of nitrogens with zero attached hydrogens (tertiary/aromatic N) is 5. The lowest BCUT2D eigenvalue weighted by Gasteiger charge is -2.20. The first-order valence-corrected chi connectivity index (χ1v) is 17.1. The summed E-state index contributed by atoms with van der Waals surface area (Å²) in [4.78, 5) is 9.43. The van der Waals surface area contributed by atoms with E-state index >= 15 is 0 Å². The molecular formula is C32H29N5O5S2. The molecule has 4 heterocycles. The van der Waals surface area contributed by atoms with E-state index in [2.05, 4.69) is 9.97 Å². The smallest absolute Gasteiger partial charge is 0.269 e. The van der Waals surface area contributed by atoms with Gasteiger partial charge in [-0.25, -0.2) is 30.8 Å².